The van der Waals surface area contributed by atoms with Crippen LogP contribution < -0.4 is 5.32 Å². The molecule has 0 radical (unpaired) electrons. The minimum absolute atomic E-state index is 0.0444. The fourth-order valence-corrected chi connectivity index (χ4v) is 0.945. The van der Waals surface area contributed by atoms with Crippen molar-refractivity contribution in [3.63, 3.8) is 0 Å². The van der Waals surface area contributed by atoms with Gasteiger partial charge in [0.2, 0.25) is 5.76 Å². The van der Waals surface area contributed by atoms with E-state index in [2.05, 4.69) is 5.32 Å². The van der Waals surface area contributed by atoms with Crippen LogP contribution in [0.1, 0.15) is 27.5 Å². The Bertz CT molecular complexity index is 421. The first-order valence-corrected chi connectivity index (χ1v) is 4.34. The van der Waals surface area contributed by atoms with Crippen LogP contribution in [0.4, 0.5) is 0 Å². The molecular formula is C9H9NO6. The van der Waals surface area contributed by atoms with E-state index in [1.54, 1.807) is 0 Å². The van der Waals surface area contributed by atoms with Crippen molar-refractivity contribution in [1.29, 1.82) is 0 Å². The summed E-state index contributed by atoms with van der Waals surface area (Å²) in [6.07, 6.45) is -0.210. The van der Waals surface area contributed by atoms with Gasteiger partial charge in [-0.2, -0.15) is 0 Å². The van der Waals surface area contributed by atoms with Gasteiger partial charge in [-0.3, -0.25) is 9.59 Å². The third-order valence-corrected chi connectivity index (χ3v) is 1.66. The maximum absolute atomic E-state index is 11.3. The Balaban J connectivity index is 2.53. The standard InChI is InChI=1S/C9H9NO6/c11-7(12)3-4-10-8(13)5-1-2-6(16-5)9(14)15/h1-2H,3-4H2,(H,10,13)(H,11,12)(H,14,15). The highest BCUT2D eigenvalue weighted by atomic mass is 16.4. The molecule has 1 amide bonds. The summed E-state index contributed by atoms with van der Waals surface area (Å²) >= 11 is 0. The van der Waals surface area contributed by atoms with Crippen LogP contribution in [0.2, 0.25) is 0 Å². The van der Waals surface area contributed by atoms with E-state index in [4.69, 9.17) is 14.6 Å². The summed E-state index contributed by atoms with van der Waals surface area (Å²) in [5, 5.41) is 19.1. The molecule has 0 aliphatic carbocycles. The third kappa shape index (κ3) is 3.12. The molecule has 86 valence electrons. The van der Waals surface area contributed by atoms with Crippen molar-refractivity contribution in [2.75, 3.05) is 6.54 Å². The number of hydrogen-bond acceptors (Lipinski definition) is 4. The van der Waals surface area contributed by atoms with Crippen molar-refractivity contribution in [2.24, 2.45) is 0 Å². The normalized spacial score (nSPS) is 9.75. The van der Waals surface area contributed by atoms with Crippen molar-refractivity contribution in [1.82, 2.24) is 5.32 Å². The second kappa shape index (κ2) is 4.96. The van der Waals surface area contributed by atoms with E-state index in [1.165, 1.54) is 6.07 Å². The number of furan rings is 1. The van der Waals surface area contributed by atoms with Gasteiger partial charge in [-0.05, 0) is 12.1 Å². The van der Waals surface area contributed by atoms with E-state index in [0.29, 0.717) is 0 Å². The molecule has 1 aromatic heterocycles. The van der Waals surface area contributed by atoms with E-state index in [9.17, 15) is 14.4 Å². The molecule has 0 unspecified atom stereocenters. The zero-order valence-electron chi connectivity index (χ0n) is 8.10. The van der Waals surface area contributed by atoms with Gasteiger partial charge in [-0.1, -0.05) is 0 Å². The lowest BCUT2D eigenvalue weighted by Gasteiger charge is -1.99. The monoisotopic (exact) mass is 227 g/mol. The molecule has 7 heteroatoms. The molecular weight excluding hydrogens is 218 g/mol. The molecule has 0 fully saturated rings. The summed E-state index contributed by atoms with van der Waals surface area (Å²) in [6.45, 7) is -0.0444. The van der Waals surface area contributed by atoms with Crippen LogP contribution in [-0.2, 0) is 4.79 Å². The molecule has 1 aromatic rings. The Hall–Kier alpha value is -2.31. The number of carboxylic acid groups (broad SMARTS) is 2. The Kier molecular flexibility index (Phi) is 3.65. The number of aliphatic carboxylic acids is 1. The van der Waals surface area contributed by atoms with E-state index in [-0.39, 0.29) is 24.5 Å². The highest BCUT2D eigenvalue weighted by molar-refractivity contribution is 5.93. The Labute approximate surface area is 89.7 Å². The summed E-state index contributed by atoms with van der Waals surface area (Å²) in [5.74, 6) is -3.46. The van der Waals surface area contributed by atoms with Crippen LogP contribution in [0.25, 0.3) is 0 Å². The lowest BCUT2D eigenvalue weighted by molar-refractivity contribution is -0.136. The highest BCUT2D eigenvalue weighted by Gasteiger charge is 2.14. The minimum Gasteiger partial charge on any atom is -0.481 e. The van der Waals surface area contributed by atoms with Crippen LogP contribution in [0.15, 0.2) is 16.5 Å². The van der Waals surface area contributed by atoms with Crippen molar-refractivity contribution in [2.45, 2.75) is 6.42 Å². The number of carbonyl (C=O) groups is 3. The second-order valence-corrected chi connectivity index (χ2v) is 2.87. The molecule has 0 saturated carbocycles. The number of nitrogens with one attached hydrogen (secondary N) is 1. The van der Waals surface area contributed by atoms with Gasteiger partial charge in [0.05, 0.1) is 6.42 Å². The van der Waals surface area contributed by atoms with E-state index >= 15 is 0 Å². The van der Waals surface area contributed by atoms with Crippen molar-refractivity contribution < 1.29 is 29.0 Å². The number of aromatic carboxylic acids is 1. The summed E-state index contributed by atoms with van der Waals surface area (Å²) in [6, 6.07) is 2.36. The summed E-state index contributed by atoms with van der Waals surface area (Å²) in [5.41, 5.74) is 0. The van der Waals surface area contributed by atoms with Gasteiger partial charge >= 0.3 is 11.9 Å². The van der Waals surface area contributed by atoms with Crippen LogP contribution in [0.5, 0.6) is 0 Å². The molecule has 7 nitrogen and oxygen atoms in total. The SMILES string of the molecule is O=C(O)CCNC(=O)c1ccc(C(=O)O)o1. The number of carbonyl (C=O) groups excluding carboxylic acids is 1. The molecule has 3 N–H and O–H groups in total. The maximum atomic E-state index is 11.3. The molecule has 0 spiro atoms. The first-order chi connectivity index (χ1) is 7.50. The molecule has 0 aliphatic rings. The zero-order valence-corrected chi connectivity index (χ0v) is 8.10. The van der Waals surface area contributed by atoms with Gasteiger partial charge in [0, 0.05) is 6.54 Å². The number of amides is 1. The molecule has 1 rings (SSSR count). The average Bonchev–Trinajstić information content (AvgIpc) is 2.65. The van der Waals surface area contributed by atoms with Gasteiger partial charge in [0.1, 0.15) is 0 Å². The third-order valence-electron chi connectivity index (χ3n) is 1.66. The number of rotatable bonds is 5. The van der Waals surface area contributed by atoms with Crippen LogP contribution in [0, 0.1) is 0 Å². The molecule has 16 heavy (non-hydrogen) atoms. The Morgan fingerprint density at radius 1 is 1.19 bits per heavy atom. The topological polar surface area (TPSA) is 117 Å². The predicted molar refractivity (Wildman–Crippen MR) is 50.3 cm³/mol. The van der Waals surface area contributed by atoms with Crippen molar-refractivity contribution in [3.8, 4) is 0 Å². The predicted octanol–water partition coefficient (Wildman–Crippen LogP) is 0.182. The summed E-state index contributed by atoms with van der Waals surface area (Å²) < 4.78 is 4.71. The van der Waals surface area contributed by atoms with E-state index in [0.717, 1.165) is 6.07 Å². The van der Waals surface area contributed by atoms with Gasteiger partial charge in [0.15, 0.2) is 5.76 Å². The molecule has 1 heterocycles. The molecule has 0 bridgehead atoms. The van der Waals surface area contributed by atoms with Gasteiger partial charge in [-0.15, -0.1) is 0 Å². The van der Waals surface area contributed by atoms with Crippen LogP contribution in [-0.4, -0.2) is 34.6 Å². The second-order valence-electron chi connectivity index (χ2n) is 2.87. The Morgan fingerprint density at radius 2 is 1.81 bits per heavy atom. The van der Waals surface area contributed by atoms with E-state index in [1.807, 2.05) is 0 Å². The number of carboxylic acids is 2. The highest BCUT2D eigenvalue weighted by Crippen LogP contribution is 2.07. The lowest BCUT2D eigenvalue weighted by Crippen LogP contribution is -2.25. The van der Waals surface area contributed by atoms with Gasteiger partial charge in [-0.25, -0.2) is 4.79 Å². The Morgan fingerprint density at radius 3 is 2.31 bits per heavy atom. The van der Waals surface area contributed by atoms with Crippen molar-refractivity contribution >= 4 is 17.8 Å². The smallest absolute Gasteiger partial charge is 0.371 e. The fraction of sp³-hybridized carbons (Fsp3) is 0.222. The van der Waals surface area contributed by atoms with Crippen molar-refractivity contribution in [3.05, 3.63) is 23.7 Å². The lowest BCUT2D eigenvalue weighted by atomic mass is 10.4. The average molecular weight is 227 g/mol. The summed E-state index contributed by atoms with van der Waals surface area (Å²) in [7, 11) is 0. The zero-order chi connectivity index (χ0) is 12.1. The maximum Gasteiger partial charge on any atom is 0.371 e. The van der Waals surface area contributed by atoms with Gasteiger partial charge < -0.3 is 19.9 Å². The molecule has 0 aromatic carbocycles. The van der Waals surface area contributed by atoms with E-state index < -0.39 is 17.8 Å². The first-order valence-electron chi connectivity index (χ1n) is 4.34. The number of hydrogen-bond donors (Lipinski definition) is 3. The van der Waals surface area contributed by atoms with Crippen LogP contribution >= 0.6 is 0 Å². The fourth-order valence-electron chi connectivity index (χ4n) is 0.945. The summed E-state index contributed by atoms with van der Waals surface area (Å²) in [4.78, 5) is 31.9. The minimum atomic E-state index is -1.27. The first kappa shape index (κ1) is 11.8. The molecule has 0 aliphatic heterocycles. The van der Waals surface area contributed by atoms with Gasteiger partial charge in [0.25, 0.3) is 5.91 Å². The molecule has 0 saturated heterocycles. The van der Waals surface area contributed by atoms with Crippen LogP contribution in [0.3, 0.4) is 0 Å². The largest absolute Gasteiger partial charge is 0.481 e. The quantitative estimate of drug-likeness (QED) is 0.660. The molecule has 0 atom stereocenters.